The molecule has 0 aromatic rings. The SMILES string of the molecule is CC12CCC(=O)C=C1[C@H]1CC1C1=C2CC[C@@]23C(=O)CC[C@]2(C)CC=C13. The van der Waals surface area contributed by atoms with E-state index in [4.69, 9.17) is 0 Å². The van der Waals surface area contributed by atoms with Crippen LogP contribution in [0.4, 0.5) is 0 Å². The van der Waals surface area contributed by atoms with Crippen LogP contribution in [-0.2, 0) is 9.59 Å². The lowest BCUT2D eigenvalue weighted by Crippen LogP contribution is -2.44. The van der Waals surface area contributed by atoms with Crippen LogP contribution in [0.5, 0.6) is 0 Å². The van der Waals surface area contributed by atoms with Crippen molar-refractivity contribution in [3.05, 3.63) is 34.4 Å². The fraction of sp³-hybridized carbons (Fsp3) is 0.652. The summed E-state index contributed by atoms with van der Waals surface area (Å²) in [6, 6.07) is 0. The Kier molecular flexibility index (Phi) is 2.41. The number of fused-ring (bicyclic) bond motifs is 6. The third-order valence-corrected chi connectivity index (χ3v) is 9.04. The minimum Gasteiger partial charge on any atom is -0.299 e. The molecule has 0 saturated heterocycles. The molecule has 2 unspecified atom stereocenters. The maximum atomic E-state index is 13.1. The average Bonchev–Trinajstić information content (AvgIpc) is 3.27. The molecule has 0 heterocycles. The smallest absolute Gasteiger partial charge is 0.155 e. The zero-order chi connectivity index (χ0) is 17.2. The van der Waals surface area contributed by atoms with Crippen molar-refractivity contribution in [3.63, 3.8) is 0 Å². The van der Waals surface area contributed by atoms with Gasteiger partial charge in [-0.2, -0.15) is 0 Å². The molecule has 6 rings (SSSR count). The van der Waals surface area contributed by atoms with Gasteiger partial charge in [-0.1, -0.05) is 31.1 Å². The van der Waals surface area contributed by atoms with Crippen LogP contribution in [0.15, 0.2) is 34.4 Å². The molecule has 2 saturated carbocycles. The molecule has 5 atom stereocenters. The molecule has 0 amide bonds. The van der Waals surface area contributed by atoms with Gasteiger partial charge in [0.1, 0.15) is 5.78 Å². The monoisotopic (exact) mass is 334 g/mol. The average molecular weight is 334 g/mol. The lowest BCUT2D eigenvalue weighted by atomic mass is 9.52. The van der Waals surface area contributed by atoms with Gasteiger partial charge in [0.15, 0.2) is 5.78 Å². The van der Waals surface area contributed by atoms with E-state index in [0.29, 0.717) is 29.8 Å². The highest BCUT2D eigenvalue weighted by Gasteiger charge is 2.67. The summed E-state index contributed by atoms with van der Waals surface area (Å²) in [7, 11) is 0. The van der Waals surface area contributed by atoms with E-state index in [1.165, 1.54) is 17.6 Å². The standard InChI is InChI=1S/C23H26O2/c1-21-7-4-17-20-15-12-14(15)18-11-13(24)3-9-22(18,2)16(20)5-10-23(17,21)19(25)6-8-21/h4,11,14-15H,3,5-10,12H2,1-2H3/t14-,15?,21-,22?,23+/m0/s1. The normalized spacial score (nSPS) is 49.7. The summed E-state index contributed by atoms with van der Waals surface area (Å²) in [5, 5.41) is 0. The number of Topliss-reactive ketones (excluding diaryl/α,β-unsaturated/α-hetero) is 1. The fourth-order valence-corrected chi connectivity index (χ4v) is 7.55. The van der Waals surface area contributed by atoms with Crippen molar-refractivity contribution >= 4 is 11.6 Å². The van der Waals surface area contributed by atoms with E-state index in [-0.39, 0.29) is 16.2 Å². The Bertz CT molecular complexity index is 855. The third kappa shape index (κ3) is 1.43. The largest absolute Gasteiger partial charge is 0.299 e. The Morgan fingerprint density at radius 2 is 1.84 bits per heavy atom. The van der Waals surface area contributed by atoms with E-state index in [2.05, 4.69) is 19.9 Å². The lowest BCUT2D eigenvalue weighted by Gasteiger charge is -2.50. The molecule has 130 valence electrons. The summed E-state index contributed by atoms with van der Waals surface area (Å²) in [6.07, 6.45) is 12.3. The molecular formula is C23H26O2. The quantitative estimate of drug-likeness (QED) is 0.643. The van der Waals surface area contributed by atoms with Crippen LogP contribution in [0.3, 0.4) is 0 Å². The number of allylic oxidation sites excluding steroid dienone is 6. The van der Waals surface area contributed by atoms with Crippen LogP contribution in [0.1, 0.15) is 65.2 Å². The predicted molar refractivity (Wildman–Crippen MR) is 95.8 cm³/mol. The molecule has 0 aromatic carbocycles. The van der Waals surface area contributed by atoms with Crippen molar-refractivity contribution in [1.82, 2.24) is 0 Å². The molecule has 2 nitrogen and oxygen atoms in total. The Morgan fingerprint density at radius 1 is 1.00 bits per heavy atom. The molecule has 1 spiro atoms. The first-order chi connectivity index (χ1) is 11.9. The van der Waals surface area contributed by atoms with Gasteiger partial charge >= 0.3 is 0 Å². The lowest BCUT2D eigenvalue weighted by molar-refractivity contribution is -0.127. The Labute approximate surface area is 149 Å². The van der Waals surface area contributed by atoms with E-state index in [1.807, 2.05) is 6.08 Å². The summed E-state index contributed by atoms with van der Waals surface area (Å²) >= 11 is 0. The molecule has 25 heavy (non-hydrogen) atoms. The highest BCUT2D eigenvalue weighted by atomic mass is 16.1. The number of rotatable bonds is 0. The van der Waals surface area contributed by atoms with Crippen LogP contribution < -0.4 is 0 Å². The first-order valence-electron chi connectivity index (χ1n) is 10.1. The second-order valence-electron chi connectivity index (χ2n) is 9.95. The van der Waals surface area contributed by atoms with Crippen molar-refractivity contribution in [2.24, 2.45) is 28.1 Å². The predicted octanol–water partition coefficient (Wildman–Crippen LogP) is 4.71. The molecule has 6 aliphatic rings. The maximum Gasteiger partial charge on any atom is 0.155 e. The zero-order valence-corrected chi connectivity index (χ0v) is 15.3. The highest BCUT2D eigenvalue weighted by Crippen LogP contribution is 2.74. The Morgan fingerprint density at radius 3 is 2.68 bits per heavy atom. The summed E-state index contributed by atoms with van der Waals surface area (Å²) < 4.78 is 0. The summed E-state index contributed by atoms with van der Waals surface area (Å²) in [4.78, 5) is 25.2. The van der Waals surface area contributed by atoms with Gasteiger partial charge in [-0.15, -0.1) is 0 Å². The van der Waals surface area contributed by atoms with Crippen molar-refractivity contribution < 1.29 is 9.59 Å². The first kappa shape index (κ1) is 14.7. The van der Waals surface area contributed by atoms with E-state index in [0.717, 1.165) is 38.5 Å². The van der Waals surface area contributed by atoms with Gasteiger partial charge in [0.25, 0.3) is 0 Å². The van der Waals surface area contributed by atoms with E-state index in [1.54, 1.807) is 11.1 Å². The van der Waals surface area contributed by atoms with Gasteiger partial charge in [0.05, 0.1) is 5.41 Å². The molecule has 6 aliphatic carbocycles. The van der Waals surface area contributed by atoms with Gasteiger partial charge in [0.2, 0.25) is 0 Å². The second kappa shape index (κ2) is 4.10. The van der Waals surface area contributed by atoms with E-state index < -0.39 is 0 Å². The maximum absolute atomic E-state index is 13.1. The number of carbonyl (C=O) groups excluding carboxylic acids is 2. The topological polar surface area (TPSA) is 34.1 Å². The van der Waals surface area contributed by atoms with Gasteiger partial charge in [0, 0.05) is 18.3 Å². The van der Waals surface area contributed by atoms with Crippen LogP contribution in [0, 0.1) is 28.1 Å². The van der Waals surface area contributed by atoms with Gasteiger partial charge in [-0.05, 0) is 73.0 Å². The van der Waals surface area contributed by atoms with E-state index >= 15 is 0 Å². The minimum atomic E-state index is -0.166. The van der Waals surface area contributed by atoms with Crippen LogP contribution in [-0.4, -0.2) is 11.6 Å². The van der Waals surface area contributed by atoms with Gasteiger partial charge in [-0.3, -0.25) is 9.59 Å². The van der Waals surface area contributed by atoms with Gasteiger partial charge in [-0.25, -0.2) is 0 Å². The number of hydrogen-bond acceptors (Lipinski definition) is 2. The molecule has 2 fully saturated rings. The molecule has 0 aromatic heterocycles. The van der Waals surface area contributed by atoms with Crippen molar-refractivity contribution in [2.45, 2.75) is 65.2 Å². The molecule has 0 radical (unpaired) electrons. The number of carbonyl (C=O) groups is 2. The highest BCUT2D eigenvalue weighted by molar-refractivity contribution is 5.95. The minimum absolute atomic E-state index is 0.0873. The second-order valence-corrected chi connectivity index (χ2v) is 9.95. The summed E-state index contributed by atoms with van der Waals surface area (Å²) in [5.74, 6) is 2.02. The van der Waals surface area contributed by atoms with Gasteiger partial charge < -0.3 is 0 Å². The zero-order valence-electron chi connectivity index (χ0n) is 15.3. The van der Waals surface area contributed by atoms with Crippen molar-refractivity contribution in [2.75, 3.05) is 0 Å². The number of ketones is 2. The van der Waals surface area contributed by atoms with Crippen LogP contribution in [0.2, 0.25) is 0 Å². The first-order valence-corrected chi connectivity index (χ1v) is 10.1. The van der Waals surface area contributed by atoms with Crippen molar-refractivity contribution in [1.29, 1.82) is 0 Å². The molecule has 0 aliphatic heterocycles. The summed E-state index contributed by atoms with van der Waals surface area (Å²) in [5.41, 5.74) is 6.16. The molecule has 0 bridgehead atoms. The number of hydrogen-bond donors (Lipinski definition) is 0. The third-order valence-electron chi connectivity index (χ3n) is 9.04. The van der Waals surface area contributed by atoms with Crippen LogP contribution >= 0.6 is 0 Å². The molecule has 0 N–H and O–H groups in total. The molecule has 2 heteroatoms. The molecular weight excluding hydrogens is 308 g/mol. The Balaban J connectivity index is 1.57. The Hall–Kier alpha value is -1.44. The van der Waals surface area contributed by atoms with E-state index in [9.17, 15) is 9.59 Å². The van der Waals surface area contributed by atoms with Crippen molar-refractivity contribution in [3.8, 4) is 0 Å². The summed E-state index contributed by atoms with van der Waals surface area (Å²) in [6.45, 7) is 4.75. The van der Waals surface area contributed by atoms with Crippen LogP contribution in [0.25, 0.3) is 0 Å². The fourth-order valence-electron chi connectivity index (χ4n) is 7.55.